The van der Waals surface area contributed by atoms with Crippen molar-refractivity contribution in [2.24, 2.45) is 4.99 Å². The van der Waals surface area contributed by atoms with Crippen molar-refractivity contribution in [1.29, 1.82) is 0 Å². The summed E-state index contributed by atoms with van der Waals surface area (Å²) < 4.78 is 0. The monoisotopic (exact) mass is 479 g/mol. The normalized spacial score (nSPS) is 11.0. The summed E-state index contributed by atoms with van der Waals surface area (Å²) in [6.07, 6.45) is 5.66. The van der Waals surface area contributed by atoms with Gasteiger partial charge in [0.15, 0.2) is 5.96 Å². The molecule has 8 heteroatoms. The van der Waals surface area contributed by atoms with Gasteiger partial charge in [0, 0.05) is 36.8 Å². The maximum absolute atomic E-state index is 5.79. The number of hydrogen-bond donors (Lipinski definition) is 2. The van der Waals surface area contributed by atoms with Gasteiger partial charge in [-0.05, 0) is 25.0 Å². The van der Waals surface area contributed by atoms with Gasteiger partial charge in [-0.1, -0.05) is 24.6 Å². The Hall–Kier alpha value is -0.930. The minimum atomic E-state index is 0. The van der Waals surface area contributed by atoms with Crippen LogP contribution in [0, 0.1) is 0 Å². The molecule has 0 aliphatic heterocycles. The first-order valence-corrected chi connectivity index (χ1v) is 8.97. The zero-order chi connectivity index (χ0) is 16.5. The smallest absolute Gasteiger partial charge is 0.191 e. The molecule has 0 unspecified atom stereocenters. The highest BCUT2D eigenvalue weighted by Crippen LogP contribution is 2.13. The number of aryl methyl sites for hydroxylation is 1. The van der Waals surface area contributed by atoms with E-state index >= 15 is 0 Å². The summed E-state index contributed by atoms with van der Waals surface area (Å²) in [6.45, 7) is 6.40. The van der Waals surface area contributed by atoms with E-state index in [9.17, 15) is 0 Å². The van der Waals surface area contributed by atoms with E-state index in [0.29, 0.717) is 11.7 Å². The highest BCUT2D eigenvalue weighted by molar-refractivity contribution is 14.0. The summed E-state index contributed by atoms with van der Waals surface area (Å²) in [5.41, 5.74) is 1.03. The lowest BCUT2D eigenvalue weighted by atomic mass is 10.3. The molecule has 0 aromatic carbocycles. The van der Waals surface area contributed by atoms with Crippen LogP contribution in [0.3, 0.4) is 0 Å². The van der Waals surface area contributed by atoms with E-state index < -0.39 is 0 Å². The Kier molecular flexibility index (Phi) is 10.2. The van der Waals surface area contributed by atoms with E-state index in [1.54, 1.807) is 23.6 Å². The highest BCUT2D eigenvalue weighted by Gasteiger charge is 2.02. The average molecular weight is 480 g/mol. The molecule has 0 atom stereocenters. The van der Waals surface area contributed by atoms with Crippen LogP contribution in [0.2, 0.25) is 5.15 Å². The third kappa shape index (κ3) is 7.31. The van der Waals surface area contributed by atoms with Crippen molar-refractivity contribution in [2.45, 2.75) is 33.2 Å². The molecule has 2 aromatic heterocycles. The topological polar surface area (TPSA) is 62.2 Å². The SMILES string of the molecule is CCNC(=NCc1ccc(Cl)nc1)NCCc1ncc(CC)s1.I. The van der Waals surface area contributed by atoms with Crippen molar-refractivity contribution in [1.82, 2.24) is 20.6 Å². The molecular formula is C16H23ClIN5S. The molecule has 132 valence electrons. The summed E-state index contributed by atoms with van der Waals surface area (Å²) in [5, 5.41) is 8.24. The molecule has 0 aliphatic rings. The fourth-order valence-electron chi connectivity index (χ4n) is 1.93. The van der Waals surface area contributed by atoms with Crippen molar-refractivity contribution in [3.8, 4) is 0 Å². The molecule has 5 nitrogen and oxygen atoms in total. The second-order valence-electron chi connectivity index (χ2n) is 4.93. The Morgan fingerprint density at radius 2 is 2.04 bits per heavy atom. The van der Waals surface area contributed by atoms with Crippen LogP contribution in [-0.2, 0) is 19.4 Å². The van der Waals surface area contributed by atoms with Crippen LogP contribution in [0.1, 0.15) is 29.3 Å². The van der Waals surface area contributed by atoms with Crippen molar-refractivity contribution in [2.75, 3.05) is 13.1 Å². The lowest BCUT2D eigenvalue weighted by molar-refractivity contribution is 0.796. The molecule has 0 radical (unpaired) electrons. The Bertz CT molecular complexity index is 630. The van der Waals surface area contributed by atoms with Crippen molar-refractivity contribution < 1.29 is 0 Å². The van der Waals surface area contributed by atoms with E-state index in [2.05, 4.69) is 39.4 Å². The molecule has 0 bridgehead atoms. The number of thiazole rings is 1. The van der Waals surface area contributed by atoms with E-state index in [4.69, 9.17) is 11.6 Å². The minimum Gasteiger partial charge on any atom is -0.357 e. The van der Waals surface area contributed by atoms with E-state index in [0.717, 1.165) is 42.5 Å². The van der Waals surface area contributed by atoms with Crippen molar-refractivity contribution in [3.05, 3.63) is 45.1 Å². The molecule has 0 saturated carbocycles. The largest absolute Gasteiger partial charge is 0.357 e. The molecule has 2 N–H and O–H groups in total. The Morgan fingerprint density at radius 3 is 2.67 bits per heavy atom. The Balaban J connectivity index is 0.00000288. The van der Waals surface area contributed by atoms with Gasteiger partial charge in [-0.2, -0.15) is 0 Å². The number of pyridine rings is 1. The number of nitrogens with one attached hydrogen (secondary N) is 2. The molecule has 24 heavy (non-hydrogen) atoms. The maximum atomic E-state index is 5.79. The second kappa shape index (κ2) is 11.6. The van der Waals surface area contributed by atoms with Crippen LogP contribution in [0.25, 0.3) is 0 Å². The van der Waals surface area contributed by atoms with Gasteiger partial charge in [-0.25, -0.2) is 15.0 Å². The summed E-state index contributed by atoms with van der Waals surface area (Å²) >= 11 is 7.56. The number of guanidine groups is 1. The van der Waals surface area contributed by atoms with E-state index in [1.807, 2.05) is 12.3 Å². The molecule has 2 aromatic rings. The van der Waals surface area contributed by atoms with Gasteiger partial charge in [0.05, 0.1) is 11.6 Å². The number of hydrogen-bond acceptors (Lipinski definition) is 4. The van der Waals surface area contributed by atoms with Gasteiger partial charge in [0.25, 0.3) is 0 Å². The quantitative estimate of drug-likeness (QED) is 0.275. The molecule has 0 spiro atoms. The second-order valence-corrected chi connectivity index (χ2v) is 6.52. The average Bonchev–Trinajstić information content (AvgIpc) is 3.02. The van der Waals surface area contributed by atoms with Crippen LogP contribution in [0.5, 0.6) is 0 Å². The number of aromatic nitrogens is 2. The minimum absolute atomic E-state index is 0. The summed E-state index contributed by atoms with van der Waals surface area (Å²) in [5.74, 6) is 0.801. The standard InChI is InChI=1S/C16H22ClN5S.HI/c1-3-13-11-21-15(23-13)7-8-19-16(18-4-2)22-10-12-5-6-14(17)20-9-12;/h5-6,9,11H,3-4,7-8,10H2,1-2H3,(H2,18,19,22);1H. The van der Waals surface area contributed by atoms with Gasteiger partial charge in [0.2, 0.25) is 0 Å². The molecule has 2 rings (SSSR count). The third-order valence-corrected chi connectivity index (χ3v) is 4.56. The molecule has 0 fully saturated rings. The first-order valence-electron chi connectivity index (χ1n) is 7.77. The van der Waals surface area contributed by atoms with Crippen molar-refractivity contribution >= 4 is 52.9 Å². The van der Waals surface area contributed by atoms with Gasteiger partial charge >= 0.3 is 0 Å². The predicted molar refractivity (Wildman–Crippen MR) is 113 cm³/mol. The molecular weight excluding hydrogens is 457 g/mol. The number of halogens is 2. The lowest BCUT2D eigenvalue weighted by Crippen LogP contribution is -2.38. The zero-order valence-corrected chi connectivity index (χ0v) is 17.8. The number of aliphatic imine (C=N–C) groups is 1. The number of rotatable bonds is 7. The molecule has 0 amide bonds. The fourth-order valence-corrected chi connectivity index (χ4v) is 2.90. The first-order chi connectivity index (χ1) is 11.2. The van der Waals surface area contributed by atoms with Gasteiger partial charge < -0.3 is 10.6 Å². The summed E-state index contributed by atoms with van der Waals surface area (Å²) in [4.78, 5) is 14.4. The third-order valence-electron chi connectivity index (χ3n) is 3.13. The molecule has 0 saturated heterocycles. The van der Waals surface area contributed by atoms with E-state index in [-0.39, 0.29) is 24.0 Å². The van der Waals surface area contributed by atoms with Crippen LogP contribution >= 0.6 is 46.9 Å². The van der Waals surface area contributed by atoms with Crippen LogP contribution in [0.15, 0.2) is 29.5 Å². The summed E-state index contributed by atoms with van der Waals surface area (Å²) in [6, 6.07) is 3.71. The van der Waals surface area contributed by atoms with E-state index in [1.165, 1.54) is 4.88 Å². The summed E-state index contributed by atoms with van der Waals surface area (Å²) in [7, 11) is 0. The van der Waals surface area contributed by atoms with Crippen LogP contribution < -0.4 is 10.6 Å². The number of nitrogens with zero attached hydrogens (tertiary/aromatic N) is 3. The van der Waals surface area contributed by atoms with Crippen LogP contribution in [0.4, 0.5) is 0 Å². The zero-order valence-electron chi connectivity index (χ0n) is 13.9. The highest BCUT2D eigenvalue weighted by atomic mass is 127. The van der Waals surface area contributed by atoms with Gasteiger partial charge in [0.1, 0.15) is 5.15 Å². The molecule has 2 heterocycles. The predicted octanol–water partition coefficient (Wildman–Crippen LogP) is 3.67. The lowest BCUT2D eigenvalue weighted by Gasteiger charge is -2.10. The first kappa shape index (κ1) is 21.1. The fraction of sp³-hybridized carbons (Fsp3) is 0.438. The maximum Gasteiger partial charge on any atom is 0.191 e. The Labute approximate surface area is 169 Å². The molecule has 0 aliphatic carbocycles. The van der Waals surface area contributed by atoms with Gasteiger partial charge in [-0.15, -0.1) is 35.3 Å². The van der Waals surface area contributed by atoms with Gasteiger partial charge in [-0.3, -0.25) is 0 Å². The Morgan fingerprint density at radius 1 is 1.21 bits per heavy atom. The van der Waals surface area contributed by atoms with Crippen LogP contribution in [-0.4, -0.2) is 29.0 Å². The van der Waals surface area contributed by atoms with Crippen molar-refractivity contribution in [3.63, 3.8) is 0 Å².